The molecule has 0 heterocycles. The predicted octanol–water partition coefficient (Wildman–Crippen LogP) is 9.05. The number of carbonyl (C=O) groups excluding carboxylic acids is 2. The summed E-state index contributed by atoms with van der Waals surface area (Å²) in [7, 11) is 0. The molecule has 0 N–H and O–H groups in total. The maximum absolute atomic E-state index is 13.7. The van der Waals surface area contributed by atoms with Gasteiger partial charge in [-0.25, -0.2) is 9.59 Å². The summed E-state index contributed by atoms with van der Waals surface area (Å²) in [5, 5.41) is 0. The molecule has 2 aromatic carbocycles. The number of hydrogen-bond donors (Lipinski definition) is 0. The van der Waals surface area contributed by atoms with Gasteiger partial charge in [-0.1, -0.05) is 81.4 Å². The van der Waals surface area contributed by atoms with E-state index in [1.165, 1.54) is 22.3 Å². The summed E-state index contributed by atoms with van der Waals surface area (Å²) in [6.07, 6.45) is 1.76. The Morgan fingerprint density at radius 3 is 1.26 bits per heavy atom. The first-order chi connectivity index (χ1) is 18.2. The van der Waals surface area contributed by atoms with Crippen LogP contribution in [0.2, 0.25) is 0 Å². The molecule has 0 amide bonds. The second-order valence-electron chi connectivity index (χ2n) is 13.3. The average molecular weight is 531 g/mol. The Labute approximate surface area is 235 Å². The molecule has 4 nitrogen and oxygen atoms in total. The molecule has 39 heavy (non-hydrogen) atoms. The molecule has 2 bridgehead atoms. The summed E-state index contributed by atoms with van der Waals surface area (Å²) in [5.41, 5.74) is 5.70. The van der Waals surface area contributed by atoms with Gasteiger partial charge >= 0.3 is 11.9 Å². The van der Waals surface area contributed by atoms with Crippen molar-refractivity contribution in [3.8, 4) is 11.5 Å². The first kappa shape index (κ1) is 29.1. The van der Waals surface area contributed by atoms with E-state index in [0.717, 1.165) is 12.8 Å². The Morgan fingerprint density at radius 1 is 0.615 bits per heavy atom. The zero-order valence-corrected chi connectivity index (χ0v) is 25.5. The molecule has 1 saturated carbocycles. The number of fused-ring (bicyclic) bond motifs is 2. The summed E-state index contributed by atoms with van der Waals surface area (Å²) >= 11 is 0. The molecule has 0 saturated heterocycles. The van der Waals surface area contributed by atoms with Crippen LogP contribution in [0.5, 0.6) is 11.5 Å². The minimum Gasteiger partial charge on any atom is -0.423 e. The van der Waals surface area contributed by atoms with Gasteiger partial charge in [-0.2, -0.15) is 0 Å². The third-order valence-corrected chi connectivity index (χ3v) is 8.99. The highest BCUT2D eigenvalue weighted by Crippen LogP contribution is 2.60. The standard InChI is InChI=1S/C35H46O4/c1-19(2)25-13-11-23(17-27(25)21(5)6)38-33(36)31-29-15-16-30(35(29,9)10)32(31)34(37)39-24-12-14-26(20(3)4)28(18-24)22(7)8/h11-14,17-22,29-30H,15-16H2,1-10H3. The van der Waals surface area contributed by atoms with Crippen molar-refractivity contribution in [2.24, 2.45) is 17.3 Å². The van der Waals surface area contributed by atoms with Crippen molar-refractivity contribution in [3.05, 3.63) is 69.8 Å². The van der Waals surface area contributed by atoms with E-state index in [0.29, 0.717) is 46.3 Å². The lowest BCUT2D eigenvalue weighted by molar-refractivity contribution is -0.133. The number of esters is 2. The van der Waals surface area contributed by atoms with Gasteiger partial charge in [-0.15, -0.1) is 0 Å². The van der Waals surface area contributed by atoms with Gasteiger partial charge < -0.3 is 9.47 Å². The first-order valence-electron chi connectivity index (χ1n) is 14.7. The van der Waals surface area contributed by atoms with Gasteiger partial charge in [0.2, 0.25) is 0 Å². The Kier molecular flexibility index (Phi) is 8.17. The van der Waals surface area contributed by atoms with E-state index < -0.39 is 11.9 Å². The normalized spacial score (nSPS) is 20.1. The smallest absolute Gasteiger partial charge is 0.340 e. The molecule has 0 radical (unpaired) electrons. The average Bonchev–Trinajstić information content (AvgIpc) is 3.28. The highest BCUT2D eigenvalue weighted by molar-refractivity contribution is 6.04. The first-order valence-corrected chi connectivity index (χ1v) is 14.7. The van der Waals surface area contributed by atoms with Gasteiger partial charge in [0.25, 0.3) is 0 Å². The van der Waals surface area contributed by atoms with Gasteiger partial charge in [0, 0.05) is 0 Å². The lowest BCUT2D eigenvalue weighted by Gasteiger charge is -2.25. The van der Waals surface area contributed by atoms with Gasteiger partial charge in [0.1, 0.15) is 11.5 Å². The molecule has 2 atom stereocenters. The highest BCUT2D eigenvalue weighted by Gasteiger charge is 2.57. The van der Waals surface area contributed by atoms with Crippen molar-refractivity contribution >= 4 is 11.9 Å². The van der Waals surface area contributed by atoms with Crippen molar-refractivity contribution in [3.63, 3.8) is 0 Å². The zero-order chi connectivity index (χ0) is 28.8. The Hall–Kier alpha value is -2.88. The van der Waals surface area contributed by atoms with Crippen molar-refractivity contribution in [1.29, 1.82) is 0 Å². The molecule has 2 aromatic rings. The van der Waals surface area contributed by atoms with E-state index in [1.807, 2.05) is 24.3 Å². The highest BCUT2D eigenvalue weighted by atomic mass is 16.5. The lowest BCUT2D eigenvalue weighted by atomic mass is 9.79. The van der Waals surface area contributed by atoms with Gasteiger partial charge in [-0.05, 0) is 100 Å². The monoisotopic (exact) mass is 530 g/mol. The van der Waals surface area contributed by atoms with Crippen molar-refractivity contribution in [2.75, 3.05) is 0 Å². The number of benzene rings is 2. The third kappa shape index (κ3) is 5.44. The molecule has 2 aliphatic rings. The third-order valence-electron chi connectivity index (χ3n) is 8.99. The number of ether oxygens (including phenoxy) is 2. The molecule has 2 unspecified atom stereocenters. The maximum Gasteiger partial charge on any atom is 0.340 e. The van der Waals surface area contributed by atoms with Crippen LogP contribution in [0.15, 0.2) is 47.5 Å². The number of hydrogen-bond acceptors (Lipinski definition) is 4. The molecule has 1 fully saturated rings. The summed E-state index contributed by atoms with van der Waals surface area (Å²) in [6, 6.07) is 11.8. The van der Waals surface area contributed by atoms with Crippen LogP contribution in [-0.2, 0) is 9.59 Å². The van der Waals surface area contributed by atoms with Crippen LogP contribution in [0.25, 0.3) is 0 Å². The summed E-state index contributed by atoms with van der Waals surface area (Å²) in [6.45, 7) is 21.6. The summed E-state index contributed by atoms with van der Waals surface area (Å²) in [4.78, 5) is 27.5. The van der Waals surface area contributed by atoms with Crippen LogP contribution in [-0.4, -0.2) is 11.9 Å². The number of carbonyl (C=O) groups is 2. The molecule has 0 spiro atoms. The van der Waals surface area contributed by atoms with Crippen LogP contribution in [0.1, 0.15) is 128 Å². The van der Waals surface area contributed by atoms with Crippen LogP contribution in [0.4, 0.5) is 0 Å². The van der Waals surface area contributed by atoms with Crippen molar-refractivity contribution < 1.29 is 19.1 Å². The fourth-order valence-electron chi connectivity index (χ4n) is 6.84. The van der Waals surface area contributed by atoms with Crippen molar-refractivity contribution in [1.82, 2.24) is 0 Å². The number of rotatable bonds is 8. The second-order valence-corrected chi connectivity index (χ2v) is 13.3. The van der Waals surface area contributed by atoms with Gasteiger partial charge in [0.15, 0.2) is 0 Å². The molecule has 4 heteroatoms. The van der Waals surface area contributed by atoms with Crippen LogP contribution in [0, 0.1) is 17.3 Å². The van der Waals surface area contributed by atoms with E-state index in [9.17, 15) is 9.59 Å². The fourth-order valence-corrected chi connectivity index (χ4v) is 6.84. The minimum atomic E-state index is -0.424. The largest absolute Gasteiger partial charge is 0.423 e. The predicted molar refractivity (Wildman–Crippen MR) is 158 cm³/mol. The maximum atomic E-state index is 13.7. The molecule has 0 aromatic heterocycles. The lowest BCUT2D eigenvalue weighted by Crippen LogP contribution is -2.24. The molecule has 210 valence electrons. The Balaban J connectivity index is 1.67. The van der Waals surface area contributed by atoms with E-state index in [1.54, 1.807) is 0 Å². The van der Waals surface area contributed by atoms with Crippen LogP contribution >= 0.6 is 0 Å². The quantitative estimate of drug-likeness (QED) is 0.252. The van der Waals surface area contributed by atoms with E-state index in [-0.39, 0.29) is 17.3 Å². The molecule has 2 aliphatic carbocycles. The summed E-state index contributed by atoms with van der Waals surface area (Å²) in [5.74, 6) is 1.55. The molecular formula is C35H46O4. The minimum absolute atomic E-state index is 0.0217. The van der Waals surface area contributed by atoms with E-state index >= 15 is 0 Å². The molecular weight excluding hydrogens is 484 g/mol. The SMILES string of the molecule is CC(C)c1ccc(OC(=O)C2=C(C(=O)Oc3ccc(C(C)C)c(C(C)C)c3)C3CCC2C3(C)C)cc1C(C)C. The second kappa shape index (κ2) is 10.9. The van der Waals surface area contributed by atoms with Gasteiger partial charge in [-0.3, -0.25) is 0 Å². The fraction of sp³-hybridized carbons (Fsp3) is 0.543. The van der Waals surface area contributed by atoms with Crippen molar-refractivity contribution in [2.45, 2.75) is 106 Å². The Morgan fingerprint density at radius 2 is 0.949 bits per heavy atom. The van der Waals surface area contributed by atoms with Crippen LogP contribution < -0.4 is 9.47 Å². The molecule has 0 aliphatic heterocycles. The topological polar surface area (TPSA) is 52.6 Å². The van der Waals surface area contributed by atoms with Gasteiger partial charge in [0.05, 0.1) is 11.1 Å². The van der Waals surface area contributed by atoms with E-state index in [2.05, 4.69) is 81.4 Å². The zero-order valence-electron chi connectivity index (χ0n) is 25.5. The molecule has 4 rings (SSSR count). The summed E-state index contributed by atoms with van der Waals surface area (Å²) < 4.78 is 12.0. The van der Waals surface area contributed by atoms with Crippen LogP contribution in [0.3, 0.4) is 0 Å². The Bertz CT molecular complexity index is 1190. The van der Waals surface area contributed by atoms with E-state index in [4.69, 9.17) is 9.47 Å².